The Balaban J connectivity index is 1.82. The molecule has 0 fully saturated rings. The van der Waals surface area contributed by atoms with Gasteiger partial charge in [-0.3, -0.25) is 0 Å². The molecule has 0 saturated heterocycles. The molecular formula is C29H40O8. The quantitative estimate of drug-likeness (QED) is 0.164. The summed E-state index contributed by atoms with van der Waals surface area (Å²) in [5.74, 6) is 0.257. The summed E-state index contributed by atoms with van der Waals surface area (Å²) in [4.78, 5) is 11.7. The monoisotopic (exact) mass is 516 g/mol. The number of benzene rings is 2. The van der Waals surface area contributed by atoms with Crippen molar-refractivity contribution in [3.63, 3.8) is 0 Å². The van der Waals surface area contributed by atoms with Crippen molar-refractivity contribution >= 4 is 5.97 Å². The van der Waals surface area contributed by atoms with Crippen molar-refractivity contribution < 1.29 is 38.7 Å². The third-order valence-corrected chi connectivity index (χ3v) is 6.12. The van der Waals surface area contributed by atoms with Gasteiger partial charge in [-0.25, -0.2) is 4.79 Å². The molecule has 37 heavy (non-hydrogen) atoms. The van der Waals surface area contributed by atoms with Crippen LogP contribution in [0.25, 0.3) is 0 Å². The molecule has 2 aromatic rings. The maximum Gasteiger partial charge on any atom is 0.339 e. The highest BCUT2D eigenvalue weighted by Crippen LogP contribution is 2.24. The summed E-state index contributed by atoms with van der Waals surface area (Å²) in [6, 6.07) is 12.9. The van der Waals surface area contributed by atoms with Crippen molar-refractivity contribution in [3.05, 3.63) is 71.3 Å². The van der Waals surface area contributed by atoms with Gasteiger partial charge in [-0.15, -0.1) is 0 Å². The van der Waals surface area contributed by atoms with E-state index in [-0.39, 0.29) is 24.4 Å². The van der Waals surface area contributed by atoms with Crippen LogP contribution in [0.5, 0.6) is 11.5 Å². The van der Waals surface area contributed by atoms with Crippen molar-refractivity contribution in [1.82, 2.24) is 0 Å². The molecular weight excluding hydrogens is 476 g/mol. The number of carboxylic acid groups (broad SMARTS) is 1. The number of methoxy groups -OCH3 is 3. The molecule has 0 aliphatic heterocycles. The Morgan fingerprint density at radius 3 is 2.43 bits per heavy atom. The van der Waals surface area contributed by atoms with E-state index in [0.29, 0.717) is 50.2 Å². The van der Waals surface area contributed by atoms with Crippen LogP contribution in [0.4, 0.5) is 0 Å². The Kier molecular flexibility index (Phi) is 13.7. The molecule has 2 rings (SSSR count). The van der Waals surface area contributed by atoms with Crippen molar-refractivity contribution in [2.24, 2.45) is 5.92 Å². The number of aliphatic hydroxyl groups excluding tert-OH is 1. The fourth-order valence-corrected chi connectivity index (χ4v) is 3.97. The van der Waals surface area contributed by atoms with Crippen molar-refractivity contribution in [2.75, 3.05) is 34.7 Å². The molecule has 0 saturated carbocycles. The van der Waals surface area contributed by atoms with Gasteiger partial charge in [0.05, 0.1) is 33.0 Å². The molecule has 0 amide bonds. The van der Waals surface area contributed by atoms with Gasteiger partial charge < -0.3 is 33.9 Å². The molecule has 0 bridgehead atoms. The number of carboxylic acids is 1. The summed E-state index contributed by atoms with van der Waals surface area (Å²) in [5.41, 5.74) is 1.91. The SMILES string of the molecule is COCO[C@H](C[C@H](O)CCOCc1ccc(OC)cc1)[C@@H](C)C/C=C/Cc1cccc(OC)c1C(=O)O. The van der Waals surface area contributed by atoms with E-state index in [2.05, 4.69) is 6.92 Å². The number of aromatic carboxylic acids is 1. The van der Waals surface area contributed by atoms with Crippen LogP contribution in [0.1, 0.15) is 47.7 Å². The lowest BCUT2D eigenvalue weighted by Gasteiger charge is -2.25. The van der Waals surface area contributed by atoms with Gasteiger partial charge in [0, 0.05) is 13.7 Å². The molecule has 3 atom stereocenters. The number of carbonyl (C=O) groups is 1. The Labute approximate surface area is 219 Å². The molecule has 0 aliphatic rings. The summed E-state index contributed by atoms with van der Waals surface area (Å²) in [6.45, 7) is 3.11. The Morgan fingerprint density at radius 2 is 1.78 bits per heavy atom. The Hall–Kier alpha value is -2.91. The van der Waals surface area contributed by atoms with Crippen molar-refractivity contribution in [3.8, 4) is 11.5 Å². The fourth-order valence-electron chi connectivity index (χ4n) is 3.97. The van der Waals surface area contributed by atoms with Crippen molar-refractivity contribution in [1.29, 1.82) is 0 Å². The maximum absolute atomic E-state index is 11.7. The maximum atomic E-state index is 11.7. The van der Waals surface area contributed by atoms with E-state index >= 15 is 0 Å². The van der Waals surface area contributed by atoms with Gasteiger partial charge in [0.1, 0.15) is 23.9 Å². The summed E-state index contributed by atoms with van der Waals surface area (Å²) < 4.78 is 27.0. The predicted molar refractivity (Wildman–Crippen MR) is 141 cm³/mol. The number of hydrogen-bond donors (Lipinski definition) is 2. The van der Waals surface area contributed by atoms with Gasteiger partial charge in [-0.1, -0.05) is 43.3 Å². The van der Waals surface area contributed by atoms with Crippen LogP contribution in [0.3, 0.4) is 0 Å². The van der Waals surface area contributed by atoms with Crippen LogP contribution in [0.2, 0.25) is 0 Å². The Bertz CT molecular complexity index is 957. The van der Waals surface area contributed by atoms with E-state index in [1.807, 2.05) is 36.4 Å². The first kappa shape index (κ1) is 30.3. The van der Waals surface area contributed by atoms with Gasteiger partial charge in [0.2, 0.25) is 0 Å². The number of hydrogen-bond acceptors (Lipinski definition) is 7. The van der Waals surface area contributed by atoms with Crippen LogP contribution >= 0.6 is 0 Å². The van der Waals surface area contributed by atoms with Gasteiger partial charge in [-0.05, 0) is 60.9 Å². The third kappa shape index (κ3) is 10.5. The predicted octanol–water partition coefficient (Wildman–Crippen LogP) is 4.87. The highest BCUT2D eigenvalue weighted by Gasteiger charge is 2.21. The van der Waals surface area contributed by atoms with Gasteiger partial charge in [0.15, 0.2) is 0 Å². The van der Waals surface area contributed by atoms with Crippen molar-refractivity contribution in [2.45, 2.75) is 51.4 Å². The lowest BCUT2D eigenvalue weighted by atomic mass is 9.94. The lowest BCUT2D eigenvalue weighted by molar-refractivity contribution is -0.103. The number of allylic oxidation sites excluding steroid dienone is 2. The second-order valence-corrected chi connectivity index (χ2v) is 8.88. The first-order chi connectivity index (χ1) is 17.9. The zero-order valence-corrected chi connectivity index (χ0v) is 22.2. The number of rotatable bonds is 18. The van der Waals surface area contributed by atoms with E-state index in [0.717, 1.165) is 11.3 Å². The zero-order chi connectivity index (χ0) is 27.0. The minimum atomic E-state index is -1.01. The first-order valence-corrected chi connectivity index (χ1v) is 12.4. The molecule has 204 valence electrons. The minimum Gasteiger partial charge on any atom is -0.497 e. The van der Waals surface area contributed by atoms with Gasteiger partial charge in [-0.2, -0.15) is 0 Å². The largest absolute Gasteiger partial charge is 0.497 e. The average molecular weight is 517 g/mol. The standard InChI is InChI=1S/C29H40O8/c1-21(8-5-6-9-23-10-7-11-26(35-4)28(23)29(31)32)27(37-20-33-2)18-24(30)16-17-36-19-22-12-14-25(34-3)15-13-22/h5-7,10-15,21,24,27,30H,8-9,16-20H2,1-4H3,(H,31,32)/b6-5+/t21-,24+,27+/m0/s1. The average Bonchev–Trinajstić information content (AvgIpc) is 2.91. The number of aliphatic hydroxyl groups is 1. The minimum absolute atomic E-state index is 0.116. The lowest BCUT2D eigenvalue weighted by Crippen LogP contribution is -2.28. The topological polar surface area (TPSA) is 104 Å². The number of ether oxygens (including phenoxy) is 5. The summed E-state index contributed by atoms with van der Waals surface area (Å²) in [5, 5.41) is 20.1. The second-order valence-electron chi connectivity index (χ2n) is 8.88. The Morgan fingerprint density at radius 1 is 1.03 bits per heavy atom. The van der Waals surface area contributed by atoms with E-state index in [1.54, 1.807) is 32.4 Å². The molecule has 0 radical (unpaired) electrons. The van der Waals surface area contributed by atoms with E-state index in [4.69, 9.17) is 23.7 Å². The summed E-state index contributed by atoms with van der Waals surface area (Å²) in [6.07, 6.45) is 5.34. The van der Waals surface area contributed by atoms with Crippen LogP contribution in [0, 0.1) is 5.92 Å². The molecule has 0 aliphatic carbocycles. The molecule has 0 unspecified atom stereocenters. The van der Waals surface area contributed by atoms with Gasteiger partial charge in [0.25, 0.3) is 0 Å². The first-order valence-electron chi connectivity index (χ1n) is 12.4. The molecule has 8 nitrogen and oxygen atoms in total. The molecule has 0 spiro atoms. The van der Waals surface area contributed by atoms with Crippen LogP contribution in [0.15, 0.2) is 54.6 Å². The smallest absolute Gasteiger partial charge is 0.339 e. The molecule has 0 aromatic heterocycles. The summed E-state index contributed by atoms with van der Waals surface area (Å²) >= 11 is 0. The van der Waals surface area contributed by atoms with Crippen LogP contribution in [-0.2, 0) is 27.2 Å². The molecule has 0 heterocycles. The fraction of sp³-hybridized carbons (Fsp3) is 0.483. The van der Waals surface area contributed by atoms with Crippen LogP contribution in [-0.4, -0.2) is 63.1 Å². The van der Waals surface area contributed by atoms with E-state index < -0.39 is 12.1 Å². The molecule has 2 aromatic carbocycles. The summed E-state index contributed by atoms with van der Waals surface area (Å²) in [7, 11) is 4.66. The van der Waals surface area contributed by atoms with Gasteiger partial charge >= 0.3 is 5.97 Å². The highest BCUT2D eigenvalue weighted by molar-refractivity contribution is 5.92. The van der Waals surface area contributed by atoms with E-state index in [1.165, 1.54) is 7.11 Å². The normalized spacial score (nSPS) is 13.9. The molecule has 8 heteroatoms. The zero-order valence-electron chi connectivity index (χ0n) is 22.2. The third-order valence-electron chi connectivity index (χ3n) is 6.12. The second kappa shape index (κ2) is 16.8. The molecule has 2 N–H and O–H groups in total. The van der Waals surface area contributed by atoms with Crippen LogP contribution < -0.4 is 9.47 Å². The van der Waals surface area contributed by atoms with E-state index in [9.17, 15) is 15.0 Å². The highest BCUT2D eigenvalue weighted by atomic mass is 16.7.